The maximum Gasteiger partial charge on any atom is 0.336 e. The van der Waals surface area contributed by atoms with Crippen LogP contribution < -0.4 is 107 Å². The zero-order valence-corrected chi connectivity index (χ0v) is 74.2. The number of carbonyl (C=O) groups is 14. The van der Waals surface area contributed by atoms with Gasteiger partial charge >= 0.3 is 5.97 Å². The number of phenols is 1. The van der Waals surface area contributed by atoms with Gasteiger partial charge in [-0.05, 0) is 185 Å². The van der Waals surface area contributed by atoms with Gasteiger partial charge < -0.3 is 116 Å². The molecular formula is C91H109N21O19S. The molecular weight excluding hydrogens is 1720 g/mol. The summed E-state index contributed by atoms with van der Waals surface area (Å²) in [6, 6.07) is 20.6. The van der Waals surface area contributed by atoms with Crippen molar-refractivity contribution in [1.82, 2.24) is 57.5 Å². The largest absolute Gasteiger partial charge is 0.508 e. The Balaban J connectivity index is 0.738. The number of rotatable bonds is 28. The second-order valence-electron chi connectivity index (χ2n) is 33.1. The van der Waals surface area contributed by atoms with Crippen molar-refractivity contribution in [3.63, 3.8) is 0 Å². The molecule has 1 aliphatic carbocycles. The van der Waals surface area contributed by atoms with E-state index in [1.54, 1.807) is 44.2 Å². The van der Waals surface area contributed by atoms with Crippen molar-refractivity contribution in [2.75, 3.05) is 95.7 Å². The minimum atomic E-state index is -1.32. The number of carboxylic acids is 1. The SMILES string of the molecule is CC[C@H](C)[C@@H]1NC(=O)c2cc(cc(NC(=O)CNC(=O)C3CCN(c4nc(Nc5ccc(-c6c7ccc(=O)cc-7oc7cc(O)ccc67)c(C(=O)O)c5)nc(N5CCC(C(=O)NCC(=O)Nc6ccc7c(c6)C(=O)N[C@@H]([C@@H](C)CC)C(=O)N[C@@H](CCCCN)C(=O)Nc6cc(C(N)=O)ccc6CO7)CC5)n4)CC3)c2)CSC[C@@H](C(N)=O)NC(=O)CNC(=O)[C@H](CCCCN)NC1=O. The molecule has 132 heavy (non-hydrogen) atoms. The standard InChI is InChI=1S/C91H109N21O19S/c1-5-47(3)76-86(126)103-65(11-7-9-27-92)84(124)98-43-74(117)102-68(79(95)119)46-132-45-49-33-54(82(122)106-76)35-57(34-49)100-73(116)42-97-81(121)51-25-31-112(32-26-51)91-109-89(101-56-15-19-60(63(37-56)88(128)129)75-61-20-17-58(113)39-70(61)131-71-40-59(114)18-21-62(71)75)108-90(110-91)111-29-23-50(24-30-111)80(120)96-41-72(115)99-55-16-22-69-64(38-55)83(123)107-77(48(4)6-2)87(127)104-66(12-8-10-28-93)85(125)105-67-36-52(78(94)118)13-14-53(67)44-130-69/h13-22,33-40,47-48,50-51,65-66,68,76-77,113H,5-12,23-32,41-46,92-93H2,1-4H3,(H2,94,118)(H2,95,119)(H,96,120)(H,97,121)(H,98,124)(H,99,115)(H,100,116)(H,102,117)(H,103,126)(H,104,127)(H,105,125)(H,106,122)(H,107,123)(H,128,129)(H,101,108,109,110)/t47-,48-,65-,66-,68-,76-,77-/m0/s1. The molecule has 0 unspecified atom stereocenters. The number of ether oxygens (including phenoxy) is 1. The number of nitrogens with zero attached hydrogens (tertiary/aromatic N) is 5. The van der Waals surface area contributed by atoms with Gasteiger partial charge in [-0.2, -0.15) is 26.7 Å². The summed E-state index contributed by atoms with van der Waals surface area (Å²) in [5, 5.41) is 55.1. The molecule has 0 saturated carbocycles. The summed E-state index contributed by atoms with van der Waals surface area (Å²) in [5.41, 5.74) is 25.1. The van der Waals surface area contributed by atoms with E-state index in [0.29, 0.717) is 79.3 Å². The van der Waals surface area contributed by atoms with Gasteiger partial charge in [0.1, 0.15) is 59.7 Å². The lowest BCUT2D eigenvalue weighted by Crippen LogP contribution is -2.56. The third-order valence-corrected chi connectivity index (χ3v) is 24.8. The Morgan fingerprint density at radius 1 is 0.598 bits per heavy atom. The van der Waals surface area contributed by atoms with Gasteiger partial charge in [0, 0.05) is 118 Å². The number of anilines is 7. The number of piperidine rings is 2. The first-order valence-electron chi connectivity index (χ1n) is 43.8. The molecule has 41 heteroatoms. The number of thioether (sulfide) groups is 1. The Bertz CT molecular complexity index is 5740. The Labute approximate surface area is 762 Å². The molecule has 7 atom stereocenters. The number of primary amides is 2. The predicted molar refractivity (Wildman–Crippen MR) is 492 cm³/mol. The zero-order chi connectivity index (χ0) is 94.6. The molecule has 5 aromatic carbocycles. The van der Waals surface area contributed by atoms with Gasteiger partial charge in [0.15, 0.2) is 5.43 Å². The average molecular weight is 1830 g/mol. The highest BCUT2D eigenvalue weighted by molar-refractivity contribution is 7.98. The summed E-state index contributed by atoms with van der Waals surface area (Å²) < 4.78 is 12.3. The van der Waals surface area contributed by atoms with Crippen molar-refractivity contribution in [2.24, 2.45) is 46.6 Å². The number of fused-ring (bicyclic) bond motifs is 6. The van der Waals surface area contributed by atoms with E-state index in [9.17, 15) is 82.1 Å². The van der Waals surface area contributed by atoms with Crippen LogP contribution in [0.4, 0.5) is 40.6 Å². The van der Waals surface area contributed by atoms with Crippen LogP contribution in [0, 0.1) is 23.7 Å². The molecule has 22 N–H and O–H groups in total. The first-order chi connectivity index (χ1) is 63.3. The van der Waals surface area contributed by atoms with E-state index in [4.69, 9.17) is 47.0 Å². The van der Waals surface area contributed by atoms with E-state index < -0.39 is 156 Å². The number of aromatic carboxylic acids is 1. The quantitative estimate of drug-likeness (QED) is 0.0240. The van der Waals surface area contributed by atoms with Crippen molar-refractivity contribution in [2.45, 2.75) is 147 Å². The predicted octanol–water partition coefficient (Wildman–Crippen LogP) is 4.32. The summed E-state index contributed by atoms with van der Waals surface area (Å²) in [6.45, 7) is 6.89. The lowest BCUT2D eigenvalue weighted by molar-refractivity contribution is -0.132. The number of nitrogens with one attached hydrogen (secondary N) is 12. The van der Waals surface area contributed by atoms with E-state index in [1.807, 2.05) is 23.6 Å². The minimum Gasteiger partial charge on any atom is -0.508 e. The number of aromatic nitrogens is 3. The lowest BCUT2D eigenvalue weighted by Gasteiger charge is -2.34. The van der Waals surface area contributed by atoms with Gasteiger partial charge in [0.05, 0.1) is 30.8 Å². The number of hydrogen-bond donors (Lipinski definition) is 18. The second-order valence-corrected chi connectivity index (χ2v) is 34.1. The number of carboxylic acid groups (broad SMARTS) is 1. The van der Waals surface area contributed by atoms with Crippen LogP contribution >= 0.6 is 11.8 Å². The van der Waals surface area contributed by atoms with Crippen molar-refractivity contribution in [3.8, 4) is 33.9 Å². The number of amides is 13. The number of hydrogen-bond acceptors (Lipinski definition) is 27. The van der Waals surface area contributed by atoms with Crippen molar-refractivity contribution in [3.05, 3.63) is 153 Å². The molecule has 698 valence electrons. The van der Waals surface area contributed by atoms with Gasteiger partial charge in [-0.1, -0.05) is 52.7 Å². The summed E-state index contributed by atoms with van der Waals surface area (Å²) in [5.74, 6) is -11.6. The molecule has 13 amide bonds. The summed E-state index contributed by atoms with van der Waals surface area (Å²) in [7, 11) is 0. The van der Waals surface area contributed by atoms with Crippen LogP contribution in [0.3, 0.4) is 0 Å². The highest BCUT2D eigenvalue weighted by Gasteiger charge is 2.37. The van der Waals surface area contributed by atoms with Crippen LogP contribution in [0.1, 0.15) is 157 Å². The monoisotopic (exact) mass is 1830 g/mol. The van der Waals surface area contributed by atoms with Gasteiger partial charge in [0.25, 0.3) is 11.8 Å². The topological polar surface area (TPSA) is 612 Å². The number of carbonyl (C=O) groups excluding carboxylic acids is 13. The molecule has 5 aliphatic heterocycles. The fourth-order valence-electron chi connectivity index (χ4n) is 15.9. The Morgan fingerprint density at radius 2 is 1.20 bits per heavy atom. The van der Waals surface area contributed by atoms with Gasteiger partial charge in [-0.3, -0.25) is 67.1 Å². The summed E-state index contributed by atoms with van der Waals surface area (Å²) in [6.07, 6.45) is 4.18. The molecule has 40 nitrogen and oxygen atoms in total. The van der Waals surface area contributed by atoms with Crippen LogP contribution in [-0.4, -0.2) is 203 Å². The van der Waals surface area contributed by atoms with E-state index in [0.717, 1.165) is 0 Å². The molecule has 6 aliphatic rings. The molecule has 2 fully saturated rings. The number of unbranched alkanes of at least 4 members (excludes halogenated alkanes) is 2. The zero-order valence-electron chi connectivity index (χ0n) is 73.3. The molecule has 0 radical (unpaired) electrons. The number of nitrogens with two attached hydrogens (primary N) is 4. The Hall–Kier alpha value is -14.4. The maximum absolute atomic E-state index is 14.5. The average Bonchev–Trinajstić information content (AvgIpc) is 0.744. The maximum atomic E-state index is 14.5. The van der Waals surface area contributed by atoms with Gasteiger partial charge in [-0.15, -0.1) is 0 Å². The van der Waals surface area contributed by atoms with Crippen LogP contribution in [0.15, 0.2) is 118 Å². The molecule has 6 aromatic rings. The molecule has 12 rings (SSSR count). The molecule has 1 aromatic heterocycles. The van der Waals surface area contributed by atoms with Crippen LogP contribution in [0.5, 0.6) is 11.5 Å². The van der Waals surface area contributed by atoms with Crippen molar-refractivity contribution in [1.29, 1.82) is 0 Å². The van der Waals surface area contributed by atoms with E-state index in [-0.39, 0.29) is 179 Å². The number of benzene rings is 6. The molecule has 2 bridgehead atoms. The van der Waals surface area contributed by atoms with E-state index in [1.165, 1.54) is 90.6 Å². The minimum absolute atomic E-state index is 0.0240. The third-order valence-electron chi connectivity index (χ3n) is 23.7. The first-order valence-corrected chi connectivity index (χ1v) is 45.0. The van der Waals surface area contributed by atoms with Crippen molar-refractivity contribution < 1.29 is 86.5 Å². The van der Waals surface area contributed by atoms with E-state index >= 15 is 0 Å². The molecule has 2 saturated heterocycles. The highest BCUT2D eigenvalue weighted by Crippen LogP contribution is 2.43. The van der Waals surface area contributed by atoms with Crippen LogP contribution in [0.2, 0.25) is 0 Å². The van der Waals surface area contributed by atoms with E-state index in [2.05, 4.69) is 63.8 Å². The second kappa shape index (κ2) is 44.8. The first kappa shape index (κ1) is 96.7. The Morgan fingerprint density at radius 3 is 1.80 bits per heavy atom. The van der Waals surface area contributed by atoms with Crippen molar-refractivity contribution >= 4 is 146 Å². The smallest absolute Gasteiger partial charge is 0.336 e. The Kier molecular flexibility index (Phi) is 32.8. The number of aromatic hydroxyl groups is 1. The summed E-state index contributed by atoms with van der Waals surface area (Å²) in [4.78, 5) is 223. The summed E-state index contributed by atoms with van der Waals surface area (Å²) >= 11 is 1.18. The fourth-order valence-corrected chi connectivity index (χ4v) is 16.9. The van der Waals surface area contributed by atoms with Gasteiger partial charge in [0.2, 0.25) is 82.8 Å². The van der Waals surface area contributed by atoms with Crippen LogP contribution in [-0.2, 0) is 60.3 Å². The fraction of sp³-hybridized carbons (Fsp3) is 0.407. The molecule has 6 heterocycles. The molecule has 0 spiro atoms. The third kappa shape index (κ3) is 25.0. The van der Waals surface area contributed by atoms with Crippen LogP contribution in [0.25, 0.3) is 33.4 Å². The lowest BCUT2D eigenvalue weighted by atomic mass is 9.90. The highest BCUT2D eigenvalue weighted by atomic mass is 32.2. The van der Waals surface area contributed by atoms with Gasteiger partial charge in [-0.25, -0.2) is 4.79 Å². The normalized spacial score (nSPS) is 18.6. The number of phenolic OH excluding ortho intramolecular Hbond substituents is 1.